The van der Waals surface area contributed by atoms with Crippen molar-refractivity contribution in [2.75, 3.05) is 6.61 Å². The molecule has 1 aliphatic carbocycles. The summed E-state index contributed by atoms with van der Waals surface area (Å²) in [6.45, 7) is 3.07. The molecule has 3 unspecified atom stereocenters. The van der Waals surface area contributed by atoms with Crippen LogP contribution in [0.25, 0.3) is 0 Å². The Morgan fingerprint density at radius 3 is 2.65 bits per heavy atom. The van der Waals surface area contributed by atoms with Crippen LogP contribution in [-0.4, -0.2) is 47.1 Å². The molecule has 0 saturated heterocycles. The van der Waals surface area contributed by atoms with Gasteiger partial charge in [-0.25, -0.2) is 4.79 Å². The van der Waals surface area contributed by atoms with Gasteiger partial charge >= 0.3 is 11.9 Å². The van der Waals surface area contributed by atoms with E-state index in [9.17, 15) is 19.8 Å². The van der Waals surface area contributed by atoms with Crippen molar-refractivity contribution in [3.8, 4) is 0 Å². The Bertz CT molecular complexity index is 335. The fourth-order valence-electron chi connectivity index (χ4n) is 1.63. The predicted octanol–water partition coefficient (Wildman–Crippen LogP) is -0.467. The average molecular weight is 244 g/mol. The number of aliphatic hydroxyl groups is 2. The van der Waals surface area contributed by atoms with Crippen molar-refractivity contribution in [2.45, 2.75) is 38.6 Å². The van der Waals surface area contributed by atoms with E-state index in [-0.39, 0.29) is 18.6 Å². The van der Waals surface area contributed by atoms with Gasteiger partial charge < -0.3 is 19.7 Å². The summed E-state index contributed by atoms with van der Waals surface area (Å²) in [6.07, 6.45) is -2.13. The van der Waals surface area contributed by atoms with Gasteiger partial charge in [-0.3, -0.25) is 4.79 Å². The van der Waals surface area contributed by atoms with Gasteiger partial charge in [0.1, 0.15) is 18.3 Å². The summed E-state index contributed by atoms with van der Waals surface area (Å²) in [5, 5.41) is 19.1. The second-order valence-electron chi connectivity index (χ2n) is 3.75. The first kappa shape index (κ1) is 13.7. The number of carbonyl (C=O) groups excluding carboxylic acids is 2. The summed E-state index contributed by atoms with van der Waals surface area (Å²) in [7, 11) is 0. The van der Waals surface area contributed by atoms with Crippen LogP contribution in [0.4, 0.5) is 0 Å². The van der Waals surface area contributed by atoms with Crippen molar-refractivity contribution in [3.63, 3.8) is 0 Å². The molecule has 0 aromatic carbocycles. The van der Waals surface area contributed by atoms with Crippen molar-refractivity contribution < 1.29 is 29.3 Å². The molecule has 1 rings (SSSR count). The van der Waals surface area contributed by atoms with Gasteiger partial charge in [0, 0.05) is 18.9 Å². The Hall–Kier alpha value is -1.40. The van der Waals surface area contributed by atoms with Gasteiger partial charge in [-0.2, -0.15) is 0 Å². The molecule has 0 aliphatic heterocycles. The van der Waals surface area contributed by atoms with Gasteiger partial charge in [0.05, 0.1) is 6.61 Å². The smallest absolute Gasteiger partial charge is 0.333 e. The quantitative estimate of drug-likeness (QED) is 0.652. The molecule has 1 aliphatic rings. The summed E-state index contributed by atoms with van der Waals surface area (Å²) in [4.78, 5) is 22.3. The monoisotopic (exact) mass is 244 g/mol. The summed E-state index contributed by atoms with van der Waals surface area (Å²) in [5.74, 6) is -1.15. The van der Waals surface area contributed by atoms with Gasteiger partial charge in [-0.05, 0) is 13.0 Å². The zero-order valence-corrected chi connectivity index (χ0v) is 9.75. The number of hydrogen-bond acceptors (Lipinski definition) is 6. The van der Waals surface area contributed by atoms with Crippen LogP contribution in [0.2, 0.25) is 0 Å². The molecule has 6 nitrogen and oxygen atoms in total. The third-order valence-electron chi connectivity index (χ3n) is 2.38. The molecule has 0 aromatic rings. The molecule has 96 valence electrons. The maximum Gasteiger partial charge on any atom is 0.333 e. The van der Waals surface area contributed by atoms with Crippen LogP contribution < -0.4 is 0 Å². The summed E-state index contributed by atoms with van der Waals surface area (Å²) in [6, 6.07) is 0. The molecule has 17 heavy (non-hydrogen) atoms. The lowest BCUT2D eigenvalue weighted by Gasteiger charge is -2.29. The molecule has 0 radical (unpaired) electrons. The first-order chi connectivity index (χ1) is 7.95. The third kappa shape index (κ3) is 3.54. The van der Waals surface area contributed by atoms with Crippen LogP contribution in [0.3, 0.4) is 0 Å². The van der Waals surface area contributed by atoms with E-state index >= 15 is 0 Å². The minimum Gasteiger partial charge on any atom is -0.463 e. The highest BCUT2D eigenvalue weighted by Crippen LogP contribution is 2.23. The number of rotatable bonds is 3. The molecule has 2 N–H and O–H groups in total. The van der Waals surface area contributed by atoms with Crippen LogP contribution in [0, 0.1) is 0 Å². The van der Waals surface area contributed by atoms with Crippen LogP contribution in [0.5, 0.6) is 0 Å². The Labute approximate surface area is 98.8 Å². The van der Waals surface area contributed by atoms with Gasteiger partial charge in [0.2, 0.25) is 0 Å². The lowest BCUT2D eigenvalue weighted by Crippen LogP contribution is -2.43. The molecule has 0 saturated carbocycles. The first-order valence-electron chi connectivity index (χ1n) is 5.36. The lowest BCUT2D eigenvalue weighted by atomic mass is 9.92. The van der Waals surface area contributed by atoms with E-state index < -0.39 is 30.3 Å². The van der Waals surface area contributed by atoms with E-state index in [1.165, 1.54) is 13.0 Å². The topological polar surface area (TPSA) is 93.1 Å². The van der Waals surface area contributed by atoms with E-state index in [1.807, 2.05) is 0 Å². The van der Waals surface area contributed by atoms with Crippen molar-refractivity contribution in [2.24, 2.45) is 0 Å². The molecule has 0 amide bonds. The molecule has 0 heterocycles. The molecular weight excluding hydrogens is 228 g/mol. The van der Waals surface area contributed by atoms with E-state index in [0.717, 1.165) is 0 Å². The highest BCUT2D eigenvalue weighted by molar-refractivity contribution is 5.89. The van der Waals surface area contributed by atoms with Crippen molar-refractivity contribution in [3.05, 3.63) is 11.6 Å². The Balaban J connectivity index is 2.78. The number of ether oxygens (including phenoxy) is 2. The number of carbonyl (C=O) groups is 2. The van der Waals surface area contributed by atoms with Crippen molar-refractivity contribution >= 4 is 11.9 Å². The lowest BCUT2D eigenvalue weighted by molar-refractivity contribution is -0.158. The molecule has 0 fully saturated rings. The van der Waals surface area contributed by atoms with Gasteiger partial charge in [0.15, 0.2) is 0 Å². The second-order valence-corrected chi connectivity index (χ2v) is 3.75. The SMILES string of the molecule is CCOC(=O)C1=CC(O)C(O)C(OC(C)=O)C1. The van der Waals surface area contributed by atoms with Crippen LogP contribution >= 0.6 is 0 Å². The number of hydrogen-bond donors (Lipinski definition) is 2. The van der Waals surface area contributed by atoms with E-state index in [0.29, 0.717) is 0 Å². The van der Waals surface area contributed by atoms with Crippen molar-refractivity contribution in [1.29, 1.82) is 0 Å². The minimum absolute atomic E-state index is 0.0383. The van der Waals surface area contributed by atoms with Gasteiger partial charge in [0.25, 0.3) is 0 Å². The maximum absolute atomic E-state index is 11.5. The van der Waals surface area contributed by atoms with E-state index in [4.69, 9.17) is 9.47 Å². The van der Waals surface area contributed by atoms with Gasteiger partial charge in [-0.1, -0.05) is 0 Å². The number of aliphatic hydroxyl groups excluding tert-OH is 2. The normalized spacial score (nSPS) is 28.2. The molecule has 0 spiro atoms. The zero-order chi connectivity index (χ0) is 13.0. The largest absolute Gasteiger partial charge is 0.463 e. The van der Waals surface area contributed by atoms with Crippen LogP contribution in [0.15, 0.2) is 11.6 Å². The second kappa shape index (κ2) is 5.79. The fourth-order valence-corrected chi connectivity index (χ4v) is 1.63. The molecule has 3 atom stereocenters. The van der Waals surface area contributed by atoms with Gasteiger partial charge in [-0.15, -0.1) is 0 Å². The van der Waals surface area contributed by atoms with E-state index in [2.05, 4.69) is 0 Å². The molecule has 0 aromatic heterocycles. The van der Waals surface area contributed by atoms with E-state index in [1.54, 1.807) is 6.92 Å². The molecule has 6 heteroatoms. The average Bonchev–Trinajstić information content (AvgIpc) is 2.24. The third-order valence-corrected chi connectivity index (χ3v) is 2.38. The first-order valence-corrected chi connectivity index (χ1v) is 5.36. The zero-order valence-electron chi connectivity index (χ0n) is 9.75. The predicted molar refractivity (Wildman–Crippen MR) is 56.9 cm³/mol. The molecule has 0 bridgehead atoms. The highest BCUT2D eigenvalue weighted by atomic mass is 16.6. The summed E-state index contributed by atoms with van der Waals surface area (Å²) in [5.41, 5.74) is 0.205. The Morgan fingerprint density at radius 2 is 2.12 bits per heavy atom. The fraction of sp³-hybridized carbons (Fsp3) is 0.636. The number of esters is 2. The summed E-state index contributed by atoms with van der Waals surface area (Å²) < 4.78 is 9.61. The minimum atomic E-state index is -1.24. The van der Waals surface area contributed by atoms with Crippen molar-refractivity contribution in [1.82, 2.24) is 0 Å². The molecular formula is C11H16O6. The Morgan fingerprint density at radius 1 is 1.47 bits per heavy atom. The van der Waals surface area contributed by atoms with Crippen LogP contribution in [-0.2, 0) is 19.1 Å². The Kier molecular flexibility index (Phi) is 4.65. The summed E-state index contributed by atoms with van der Waals surface area (Å²) >= 11 is 0. The highest BCUT2D eigenvalue weighted by Gasteiger charge is 2.35. The standard InChI is InChI=1S/C11H16O6/c1-3-16-11(15)7-4-8(13)10(14)9(5-7)17-6(2)12/h4,8-10,13-14H,3,5H2,1-2H3. The maximum atomic E-state index is 11.5. The van der Waals surface area contributed by atoms with Crippen LogP contribution in [0.1, 0.15) is 20.3 Å².